The molecule has 1 aliphatic rings. The number of ether oxygens (including phenoxy) is 1. The number of carbonyl (C=O) groups is 1. The molecule has 2 heterocycles. The van der Waals surface area contributed by atoms with Crippen molar-refractivity contribution < 1.29 is 9.53 Å². The lowest BCUT2D eigenvalue weighted by Gasteiger charge is -2.32. The molecule has 1 fully saturated rings. The van der Waals surface area contributed by atoms with E-state index in [9.17, 15) is 4.79 Å². The zero-order valence-electron chi connectivity index (χ0n) is 14.3. The zero-order valence-corrected chi connectivity index (χ0v) is 15.0. The number of para-hydroxylation sites is 1. The fourth-order valence-electron chi connectivity index (χ4n) is 3.34. The van der Waals surface area contributed by atoms with Gasteiger partial charge in [-0.25, -0.2) is 0 Å². The molecule has 26 heavy (non-hydrogen) atoms. The quantitative estimate of drug-likeness (QED) is 0.681. The van der Waals surface area contributed by atoms with Gasteiger partial charge in [-0.3, -0.25) is 9.78 Å². The number of pyridine rings is 1. The van der Waals surface area contributed by atoms with E-state index in [4.69, 9.17) is 16.3 Å². The zero-order chi connectivity index (χ0) is 17.9. The van der Waals surface area contributed by atoms with E-state index < -0.39 is 0 Å². The first-order chi connectivity index (χ1) is 12.7. The van der Waals surface area contributed by atoms with Gasteiger partial charge >= 0.3 is 0 Å². The molecule has 0 atom stereocenters. The van der Waals surface area contributed by atoms with Gasteiger partial charge in [-0.15, -0.1) is 0 Å². The van der Waals surface area contributed by atoms with Crippen LogP contribution in [-0.4, -0.2) is 35.0 Å². The number of benzene rings is 2. The summed E-state index contributed by atoms with van der Waals surface area (Å²) in [6, 6.07) is 17.0. The number of rotatable bonds is 3. The second-order valence-corrected chi connectivity index (χ2v) is 6.88. The highest BCUT2D eigenvalue weighted by molar-refractivity contribution is 6.30. The highest BCUT2D eigenvalue weighted by atomic mass is 35.5. The Hall–Kier alpha value is -2.59. The first-order valence-corrected chi connectivity index (χ1v) is 9.14. The SMILES string of the molecule is O=C(c1ccnc2ccccc12)N1CCC(Oc2ccc(Cl)cc2)CC1. The van der Waals surface area contributed by atoms with Gasteiger partial charge in [0.15, 0.2) is 0 Å². The van der Waals surface area contributed by atoms with E-state index in [0.717, 1.165) is 29.5 Å². The van der Waals surface area contributed by atoms with E-state index in [-0.39, 0.29) is 12.0 Å². The van der Waals surface area contributed by atoms with Crippen LogP contribution in [0.15, 0.2) is 60.8 Å². The van der Waals surface area contributed by atoms with Gasteiger partial charge in [-0.2, -0.15) is 0 Å². The number of nitrogens with zero attached hydrogens (tertiary/aromatic N) is 2. The van der Waals surface area contributed by atoms with Crippen LogP contribution in [0.2, 0.25) is 5.02 Å². The Bertz CT molecular complexity index is 913. The van der Waals surface area contributed by atoms with Crippen molar-refractivity contribution in [2.24, 2.45) is 0 Å². The molecule has 132 valence electrons. The van der Waals surface area contributed by atoms with Gasteiger partial charge in [-0.1, -0.05) is 29.8 Å². The molecule has 0 unspecified atom stereocenters. The lowest BCUT2D eigenvalue weighted by Crippen LogP contribution is -2.41. The lowest BCUT2D eigenvalue weighted by atomic mass is 10.0. The third kappa shape index (κ3) is 3.51. The van der Waals surface area contributed by atoms with Crippen LogP contribution >= 0.6 is 11.6 Å². The number of carbonyl (C=O) groups excluding carboxylic acids is 1. The van der Waals surface area contributed by atoms with E-state index in [0.29, 0.717) is 23.7 Å². The van der Waals surface area contributed by atoms with Crippen molar-refractivity contribution in [1.29, 1.82) is 0 Å². The summed E-state index contributed by atoms with van der Waals surface area (Å²) >= 11 is 5.90. The number of fused-ring (bicyclic) bond motifs is 1. The molecule has 5 heteroatoms. The normalized spacial score (nSPS) is 15.2. The maximum atomic E-state index is 13.0. The summed E-state index contributed by atoms with van der Waals surface area (Å²) in [5.41, 5.74) is 1.56. The summed E-state index contributed by atoms with van der Waals surface area (Å²) in [7, 11) is 0. The van der Waals surface area contributed by atoms with E-state index in [1.54, 1.807) is 12.3 Å². The molecular weight excluding hydrogens is 348 g/mol. The predicted octanol–water partition coefficient (Wildman–Crippen LogP) is 4.57. The molecular formula is C21H19ClN2O2. The van der Waals surface area contributed by atoms with Crippen molar-refractivity contribution in [2.45, 2.75) is 18.9 Å². The molecule has 0 N–H and O–H groups in total. The van der Waals surface area contributed by atoms with E-state index >= 15 is 0 Å². The van der Waals surface area contributed by atoms with E-state index in [2.05, 4.69) is 4.98 Å². The molecule has 2 aromatic carbocycles. The van der Waals surface area contributed by atoms with Crippen LogP contribution < -0.4 is 4.74 Å². The van der Waals surface area contributed by atoms with Crippen molar-refractivity contribution >= 4 is 28.4 Å². The maximum absolute atomic E-state index is 13.0. The fraction of sp³-hybridized carbons (Fsp3) is 0.238. The molecule has 0 saturated carbocycles. The summed E-state index contributed by atoms with van der Waals surface area (Å²) in [6.07, 6.45) is 3.45. The first kappa shape index (κ1) is 16.9. The van der Waals surface area contributed by atoms with Crippen LogP contribution in [0.25, 0.3) is 10.9 Å². The highest BCUT2D eigenvalue weighted by Gasteiger charge is 2.25. The Morgan fingerprint density at radius 2 is 1.77 bits per heavy atom. The third-order valence-corrected chi connectivity index (χ3v) is 4.98. The van der Waals surface area contributed by atoms with Gasteiger partial charge in [0.25, 0.3) is 5.91 Å². The Morgan fingerprint density at radius 1 is 1.04 bits per heavy atom. The van der Waals surface area contributed by atoms with Gasteiger partial charge in [0.2, 0.25) is 0 Å². The Morgan fingerprint density at radius 3 is 2.54 bits per heavy atom. The standard InChI is InChI=1S/C21H19ClN2O2/c22-15-5-7-16(8-6-15)26-17-10-13-24(14-11-17)21(25)19-9-12-23-20-4-2-1-3-18(19)20/h1-9,12,17H,10-11,13-14H2. The molecule has 4 nitrogen and oxygen atoms in total. The van der Waals surface area contributed by atoms with Gasteiger partial charge in [0.1, 0.15) is 11.9 Å². The highest BCUT2D eigenvalue weighted by Crippen LogP contribution is 2.23. The number of aromatic nitrogens is 1. The fourth-order valence-corrected chi connectivity index (χ4v) is 3.46. The summed E-state index contributed by atoms with van der Waals surface area (Å²) in [5.74, 6) is 0.882. The number of amides is 1. The van der Waals surface area contributed by atoms with E-state index in [1.807, 2.05) is 53.4 Å². The molecule has 4 rings (SSSR count). The number of halogens is 1. The minimum Gasteiger partial charge on any atom is -0.490 e. The maximum Gasteiger partial charge on any atom is 0.254 e. The van der Waals surface area contributed by atoms with Crippen molar-refractivity contribution in [2.75, 3.05) is 13.1 Å². The van der Waals surface area contributed by atoms with Crippen molar-refractivity contribution in [3.63, 3.8) is 0 Å². The van der Waals surface area contributed by atoms with Crippen LogP contribution in [0, 0.1) is 0 Å². The molecule has 0 aliphatic carbocycles. The van der Waals surface area contributed by atoms with E-state index in [1.165, 1.54) is 0 Å². The Balaban J connectivity index is 1.42. The molecule has 3 aromatic rings. The second-order valence-electron chi connectivity index (χ2n) is 6.44. The first-order valence-electron chi connectivity index (χ1n) is 8.76. The largest absolute Gasteiger partial charge is 0.490 e. The average molecular weight is 367 g/mol. The minimum absolute atomic E-state index is 0.0635. The summed E-state index contributed by atoms with van der Waals surface area (Å²) in [4.78, 5) is 19.2. The molecule has 1 aliphatic heterocycles. The van der Waals surface area contributed by atoms with Gasteiger partial charge < -0.3 is 9.64 Å². The molecule has 1 saturated heterocycles. The van der Waals surface area contributed by atoms with Crippen molar-refractivity contribution in [1.82, 2.24) is 9.88 Å². The topological polar surface area (TPSA) is 42.4 Å². The molecule has 0 spiro atoms. The molecule has 0 bridgehead atoms. The predicted molar refractivity (Wildman–Crippen MR) is 103 cm³/mol. The third-order valence-electron chi connectivity index (χ3n) is 4.73. The average Bonchev–Trinajstić information content (AvgIpc) is 2.69. The van der Waals surface area contributed by atoms with Crippen LogP contribution in [-0.2, 0) is 0 Å². The molecule has 1 aromatic heterocycles. The second kappa shape index (κ2) is 7.34. The number of piperidine rings is 1. The van der Waals surface area contributed by atoms with Crippen LogP contribution in [0.1, 0.15) is 23.2 Å². The van der Waals surface area contributed by atoms with Gasteiger partial charge in [-0.05, 0) is 36.4 Å². The molecule has 1 amide bonds. The van der Waals surface area contributed by atoms with Crippen molar-refractivity contribution in [3.8, 4) is 5.75 Å². The monoisotopic (exact) mass is 366 g/mol. The van der Waals surface area contributed by atoms with Crippen LogP contribution in [0.3, 0.4) is 0 Å². The summed E-state index contributed by atoms with van der Waals surface area (Å²) in [6.45, 7) is 1.38. The summed E-state index contributed by atoms with van der Waals surface area (Å²) < 4.78 is 6.01. The summed E-state index contributed by atoms with van der Waals surface area (Å²) in [5, 5.41) is 1.60. The van der Waals surface area contributed by atoms with Gasteiger partial charge in [0, 0.05) is 42.5 Å². The number of likely N-dealkylation sites (tertiary alicyclic amines) is 1. The Labute approximate surface area is 157 Å². The van der Waals surface area contributed by atoms with Crippen molar-refractivity contribution in [3.05, 3.63) is 71.4 Å². The number of hydrogen-bond donors (Lipinski definition) is 0. The Kier molecular flexibility index (Phi) is 4.76. The smallest absolute Gasteiger partial charge is 0.254 e. The number of hydrogen-bond acceptors (Lipinski definition) is 3. The van der Waals surface area contributed by atoms with Gasteiger partial charge in [0.05, 0.1) is 11.1 Å². The van der Waals surface area contributed by atoms with Crippen LogP contribution in [0.5, 0.6) is 5.75 Å². The minimum atomic E-state index is 0.0635. The lowest BCUT2D eigenvalue weighted by molar-refractivity contribution is 0.0597. The van der Waals surface area contributed by atoms with Crippen LogP contribution in [0.4, 0.5) is 0 Å². The molecule has 0 radical (unpaired) electrons.